The van der Waals surface area contributed by atoms with Crippen molar-refractivity contribution >= 4 is 5.91 Å². The van der Waals surface area contributed by atoms with E-state index in [0.29, 0.717) is 25.1 Å². The predicted molar refractivity (Wildman–Crippen MR) is 93.4 cm³/mol. The summed E-state index contributed by atoms with van der Waals surface area (Å²) in [5.74, 6) is 1.73. The van der Waals surface area contributed by atoms with E-state index < -0.39 is 0 Å². The Morgan fingerprint density at radius 1 is 1.16 bits per heavy atom. The lowest BCUT2D eigenvalue weighted by Gasteiger charge is -2.25. The number of aromatic nitrogens is 1. The number of nitrogens with zero attached hydrogens (tertiary/aromatic N) is 2. The zero-order chi connectivity index (χ0) is 17.2. The zero-order valence-corrected chi connectivity index (χ0v) is 13.9. The predicted octanol–water partition coefficient (Wildman–Crippen LogP) is 3.55. The lowest BCUT2D eigenvalue weighted by atomic mass is 10.0. The molecule has 126 valence electrons. The maximum absolute atomic E-state index is 12.7. The summed E-state index contributed by atoms with van der Waals surface area (Å²) in [7, 11) is 1.65. The van der Waals surface area contributed by atoms with E-state index >= 15 is 0 Å². The van der Waals surface area contributed by atoms with Crippen molar-refractivity contribution in [2.45, 2.75) is 13.0 Å². The van der Waals surface area contributed by atoms with Crippen molar-refractivity contribution in [3.8, 4) is 16.9 Å². The summed E-state index contributed by atoms with van der Waals surface area (Å²) in [4.78, 5) is 14.6. The summed E-state index contributed by atoms with van der Waals surface area (Å²) in [6, 6.07) is 15.6. The van der Waals surface area contributed by atoms with Gasteiger partial charge in [-0.1, -0.05) is 29.4 Å². The number of carbonyl (C=O) groups excluding carboxylic acids is 1. The Morgan fingerprint density at radius 2 is 2.00 bits per heavy atom. The average Bonchev–Trinajstić information content (AvgIpc) is 3.15. The van der Waals surface area contributed by atoms with E-state index in [1.165, 1.54) is 0 Å². The van der Waals surface area contributed by atoms with Gasteiger partial charge in [-0.3, -0.25) is 4.79 Å². The van der Waals surface area contributed by atoms with Crippen molar-refractivity contribution in [2.24, 2.45) is 0 Å². The minimum absolute atomic E-state index is 0.0315. The minimum Gasteiger partial charge on any atom is -0.497 e. The first-order valence-corrected chi connectivity index (χ1v) is 8.21. The quantitative estimate of drug-likeness (QED) is 0.735. The highest BCUT2D eigenvalue weighted by Gasteiger charge is 2.24. The summed E-state index contributed by atoms with van der Waals surface area (Å²) in [6.07, 6.45) is 2.41. The van der Waals surface area contributed by atoms with Gasteiger partial charge in [-0.05, 0) is 35.4 Å². The molecule has 1 amide bonds. The van der Waals surface area contributed by atoms with E-state index in [0.717, 1.165) is 28.2 Å². The largest absolute Gasteiger partial charge is 0.497 e. The van der Waals surface area contributed by atoms with Crippen LogP contribution in [0, 0.1) is 0 Å². The molecule has 0 spiro atoms. The Hall–Kier alpha value is -3.08. The molecule has 2 heterocycles. The third-order valence-electron chi connectivity index (χ3n) is 4.52. The number of fused-ring (bicyclic) bond motifs is 1. The second kappa shape index (κ2) is 6.43. The lowest BCUT2D eigenvalue weighted by Crippen LogP contribution is -2.35. The average molecular weight is 334 g/mol. The van der Waals surface area contributed by atoms with Crippen LogP contribution in [0.15, 0.2) is 59.3 Å². The van der Waals surface area contributed by atoms with Crippen LogP contribution in [0.5, 0.6) is 5.75 Å². The van der Waals surface area contributed by atoms with Gasteiger partial charge >= 0.3 is 0 Å². The van der Waals surface area contributed by atoms with Gasteiger partial charge in [0.05, 0.1) is 19.9 Å². The molecule has 0 bridgehead atoms. The summed E-state index contributed by atoms with van der Waals surface area (Å²) >= 11 is 0. The molecule has 0 atom stereocenters. The molecule has 5 heteroatoms. The molecule has 0 fully saturated rings. The van der Waals surface area contributed by atoms with Gasteiger partial charge in [-0.2, -0.15) is 0 Å². The third-order valence-corrected chi connectivity index (χ3v) is 4.52. The van der Waals surface area contributed by atoms with Gasteiger partial charge in [-0.25, -0.2) is 0 Å². The molecule has 1 aliphatic rings. The lowest BCUT2D eigenvalue weighted by molar-refractivity contribution is 0.0729. The van der Waals surface area contributed by atoms with Crippen LogP contribution < -0.4 is 4.74 Å². The Labute approximate surface area is 145 Å². The molecule has 0 aliphatic carbocycles. The van der Waals surface area contributed by atoms with Gasteiger partial charge in [-0.15, -0.1) is 0 Å². The number of hydrogen-bond acceptors (Lipinski definition) is 4. The molecule has 0 N–H and O–H groups in total. The Morgan fingerprint density at radius 3 is 2.80 bits per heavy atom. The topological polar surface area (TPSA) is 55.6 Å². The van der Waals surface area contributed by atoms with Crippen LogP contribution in [0.4, 0.5) is 0 Å². The number of amides is 1. The summed E-state index contributed by atoms with van der Waals surface area (Å²) in [6.45, 7) is 1.20. The second-order valence-electron chi connectivity index (χ2n) is 6.06. The van der Waals surface area contributed by atoms with Crippen molar-refractivity contribution in [3.05, 3.63) is 71.6 Å². The fourth-order valence-corrected chi connectivity index (χ4v) is 3.10. The van der Waals surface area contributed by atoms with Crippen molar-refractivity contribution in [2.75, 3.05) is 13.7 Å². The Balaban J connectivity index is 1.53. The molecule has 1 aromatic heterocycles. The third kappa shape index (κ3) is 3.01. The number of ether oxygens (including phenoxy) is 1. The molecule has 4 rings (SSSR count). The van der Waals surface area contributed by atoms with E-state index in [2.05, 4.69) is 5.16 Å². The van der Waals surface area contributed by atoms with Gasteiger partial charge in [0.2, 0.25) is 0 Å². The summed E-state index contributed by atoms with van der Waals surface area (Å²) in [5.41, 5.74) is 3.79. The molecule has 0 saturated carbocycles. The minimum atomic E-state index is 0.0315. The first-order chi connectivity index (χ1) is 12.2. The fraction of sp³-hybridized carbons (Fsp3) is 0.200. The molecule has 0 radical (unpaired) electrons. The maximum atomic E-state index is 12.7. The molecule has 3 aromatic rings. The molecular weight excluding hydrogens is 316 g/mol. The van der Waals surface area contributed by atoms with E-state index in [-0.39, 0.29) is 5.91 Å². The van der Waals surface area contributed by atoms with E-state index in [4.69, 9.17) is 9.26 Å². The molecular formula is C20H18N2O3. The van der Waals surface area contributed by atoms with Crippen LogP contribution >= 0.6 is 0 Å². The van der Waals surface area contributed by atoms with Crippen molar-refractivity contribution < 1.29 is 14.1 Å². The standard InChI is InChI=1S/C20H18N2O3/c1-24-18-4-2-3-16(11-18)14-5-7-15(8-6-14)20(23)22-10-9-19-17(13-22)12-21-25-19/h2-8,11-12H,9-10,13H2,1H3. The van der Waals surface area contributed by atoms with Crippen LogP contribution in [-0.4, -0.2) is 29.6 Å². The van der Waals surface area contributed by atoms with Crippen LogP contribution in [0.1, 0.15) is 21.7 Å². The first-order valence-electron chi connectivity index (χ1n) is 8.21. The highest BCUT2D eigenvalue weighted by molar-refractivity contribution is 5.94. The molecule has 0 saturated heterocycles. The summed E-state index contributed by atoms with van der Waals surface area (Å²) in [5, 5.41) is 3.81. The van der Waals surface area contributed by atoms with Crippen LogP contribution in [0.3, 0.4) is 0 Å². The molecule has 5 nitrogen and oxygen atoms in total. The SMILES string of the molecule is COc1cccc(-c2ccc(C(=O)N3CCc4oncc4C3)cc2)c1. The Bertz CT molecular complexity index is 899. The van der Waals surface area contributed by atoms with Gasteiger partial charge < -0.3 is 14.2 Å². The summed E-state index contributed by atoms with van der Waals surface area (Å²) < 4.78 is 10.4. The highest BCUT2D eigenvalue weighted by Crippen LogP contribution is 2.25. The van der Waals surface area contributed by atoms with Crippen molar-refractivity contribution in [1.82, 2.24) is 10.1 Å². The number of methoxy groups -OCH3 is 1. The monoisotopic (exact) mass is 334 g/mol. The van der Waals surface area contributed by atoms with Crippen LogP contribution in [0.25, 0.3) is 11.1 Å². The fourth-order valence-electron chi connectivity index (χ4n) is 3.10. The molecule has 0 unspecified atom stereocenters. The van der Waals surface area contributed by atoms with Crippen LogP contribution in [-0.2, 0) is 13.0 Å². The second-order valence-corrected chi connectivity index (χ2v) is 6.06. The smallest absolute Gasteiger partial charge is 0.254 e. The van der Waals surface area contributed by atoms with Crippen molar-refractivity contribution in [1.29, 1.82) is 0 Å². The number of hydrogen-bond donors (Lipinski definition) is 0. The normalized spacial score (nSPS) is 13.4. The molecule has 1 aliphatic heterocycles. The number of carbonyl (C=O) groups is 1. The Kier molecular flexibility index (Phi) is 3.98. The van der Waals surface area contributed by atoms with E-state index in [1.54, 1.807) is 13.3 Å². The highest BCUT2D eigenvalue weighted by atomic mass is 16.5. The van der Waals surface area contributed by atoms with Gasteiger partial charge in [0, 0.05) is 24.1 Å². The molecule has 2 aromatic carbocycles. The first kappa shape index (κ1) is 15.4. The van der Waals surface area contributed by atoms with Gasteiger partial charge in [0.1, 0.15) is 11.5 Å². The van der Waals surface area contributed by atoms with Gasteiger partial charge in [0.25, 0.3) is 5.91 Å². The zero-order valence-electron chi connectivity index (χ0n) is 13.9. The number of benzene rings is 2. The van der Waals surface area contributed by atoms with Crippen molar-refractivity contribution in [3.63, 3.8) is 0 Å². The number of rotatable bonds is 3. The van der Waals surface area contributed by atoms with E-state index in [1.807, 2.05) is 53.4 Å². The maximum Gasteiger partial charge on any atom is 0.254 e. The van der Waals surface area contributed by atoms with Crippen LogP contribution in [0.2, 0.25) is 0 Å². The molecule has 25 heavy (non-hydrogen) atoms. The van der Waals surface area contributed by atoms with Gasteiger partial charge in [0.15, 0.2) is 0 Å². The van der Waals surface area contributed by atoms with E-state index in [9.17, 15) is 4.79 Å².